The smallest absolute Gasteiger partial charge is 0.162 e. The minimum absolute atomic E-state index is 0.208. The van der Waals surface area contributed by atoms with Gasteiger partial charge in [0.25, 0.3) is 0 Å². The zero-order valence-electron chi connectivity index (χ0n) is 12.6. The van der Waals surface area contributed by atoms with Crippen LogP contribution < -0.4 is 4.74 Å². The van der Waals surface area contributed by atoms with E-state index in [9.17, 15) is 4.79 Å². The minimum atomic E-state index is 0.208. The molecule has 2 rings (SSSR count). The van der Waals surface area contributed by atoms with Gasteiger partial charge in [-0.05, 0) is 23.9 Å². The van der Waals surface area contributed by atoms with E-state index in [-0.39, 0.29) is 5.78 Å². The Hall–Kier alpha value is -1.54. The van der Waals surface area contributed by atoms with Crippen LogP contribution in [0.2, 0.25) is 5.02 Å². The molecule has 2 aromatic rings. The molecule has 0 atom stereocenters. The largest absolute Gasteiger partial charge is 0.495 e. The lowest BCUT2D eigenvalue weighted by atomic mass is 10.0. The molecule has 0 aromatic heterocycles. The Morgan fingerprint density at radius 1 is 1.14 bits per heavy atom. The second-order valence-electron chi connectivity index (χ2n) is 5.25. The Kier molecular flexibility index (Phi) is 5.63. The first-order valence-corrected chi connectivity index (χ1v) is 7.84. The number of ether oxygens (including phenoxy) is 1. The highest BCUT2D eigenvalue weighted by atomic mass is 35.5. The molecule has 2 nitrogen and oxygen atoms in total. The molecule has 112 valence electrons. The van der Waals surface area contributed by atoms with E-state index in [4.69, 9.17) is 16.3 Å². The number of halogens is 1. The van der Waals surface area contributed by atoms with Gasteiger partial charge in [0.2, 0.25) is 0 Å². The van der Waals surface area contributed by atoms with E-state index >= 15 is 0 Å². The number of rotatable bonds is 7. The van der Waals surface area contributed by atoms with Gasteiger partial charge in [0.1, 0.15) is 5.75 Å². The van der Waals surface area contributed by atoms with Gasteiger partial charge in [0.05, 0.1) is 12.1 Å². The average molecular weight is 305 g/mol. The van der Waals surface area contributed by atoms with Gasteiger partial charge in [-0.25, -0.2) is 0 Å². The van der Waals surface area contributed by atoms with E-state index in [1.165, 1.54) is 12.8 Å². The summed E-state index contributed by atoms with van der Waals surface area (Å²) < 4.78 is 5.21. The van der Waals surface area contributed by atoms with Gasteiger partial charge >= 0.3 is 0 Å². The maximum atomic E-state index is 12.2. The van der Waals surface area contributed by atoms with Crippen molar-refractivity contribution in [2.75, 3.05) is 7.11 Å². The van der Waals surface area contributed by atoms with Crippen molar-refractivity contribution < 1.29 is 9.53 Å². The monoisotopic (exact) mass is 304 g/mol. The van der Waals surface area contributed by atoms with Crippen LogP contribution in [0.5, 0.6) is 5.75 Å². The molecular weight excluding hydrogens is 284 g/mol. The van der Waals surface area contributed by atoms with Crippen molar-refractivity contribution in [1.29, 1.82) is 0 Å². The first-order chi connectivity index (χ1) is 10.2. The molecule has 0 heterocycles. The lowest BCUT2D eigenvalue weighted by Gasteiger charge is -2.08. The molecular formula is C18H21ClO2. The molecule has 2 aromatic carbocycles. The molecule has 0 radical (unpaired) electrons. The van der Waals surface area contributed by atoms with Crippen LogP contribution >= 0.6 is 11.6 Å². The number of hydrogen-bond acceptors (Lipinski definition) is 2. The second kappa shape index (κ2) is 7.46. The summed E-state index contributed by atoms with van der Waals surface area (Å²) in [4.78, 5) is 12.2. The molecule has 0 aliphatic rings. The van der Waals surface area contributed by atoms with Crippen molar-refractivity contribution >= 4 is 28.2 Å². The van der Waals surface area contributed by atoms with Gasteiger partial charge < -0.3 is 4.74 Å². The SMILES string of the molecule is CCCCCCC(=O)c1ccc2c(Cl)c(OC)ccc2c1. The van der Waals surface area contributed by atoms with Gasteiger partial charge in [0.15, 0.2) is 5.78 Å². The molecule has 0 bridgehead atoms. The van der Waals surface area contributed by atoms with Crippen molar-refractivity contribution in [1.82, 2.24) is 0 Å². The lowest BCUT2D eigenvalue weighted by molar-refractivity contribution is 0.0979. The molecule has 0 aliphatic carbocycles. The van der Waals surface area contributed by atoms with Crippen LogP contribution in [0.1, 0.15) is 49.4 Å². The third-order valence-corrected chi connectivity index (χ3v) is 4.11. The topological polar surface area (TPSA) is 26.3 Å². The standard InChI is InChI=1S/C18H21ClO2/c1-3-4-5-6-7-16(20)14-8-10-15-13(12-14)9-11-17(21-2)18(15)19/h8-12H,3-7H2,1-2H3. The van der Waals surface area contributed by atoms with E-state index in [1.807, 2.05) is 30.3 Å². The Bertz CT molecular complexity index is 634. The fourth-order valence-electron chi connectivity index (χ4n) is 2.46. The summed E-state index contributed by atoms with van der Waals surface area (Å²) in [7, 11) is 1.60. The van der Waals surface area contributed by atoms with Crippen molar-refractivity contribution in [2.24, 2.45) is 0 Å². The summed E-state index contributed by atoms with van der Waals surface area (Å²) in [6.45, 7) is 2.17. The number of hydrogen-bond donors (Lipinski definition) is 0. The molecule has 3 heteroatoms. The summed E-state index contributed by atoms with van der Waals surface area (Å²) in [5.74, 6) is 0.864. The predicted octanol–water partition coefficient (Wildman–Crippen LogP) is 5.65. The van der Waals surface area contributed by atoms with Gasteiger partial charge in [-0.3, -0.25) is 4.79 Å². The van der Waals surface area contributed by atoms with Crippen molar-refractivity contribution in [3.63, 3.8) is 0 Å². The van der Waals surface area contributed by atoms with Gasteiger partial charge in [-0.2, -0.15) is 0 Å². The highest BCUT2D eigenvalue weighted by molar-refractivity contribution is 6.37. The number of carbonyl (C=O) groups is 1. The van der Waals surface area contributed by atoms with Gasteiger partial charge in [0, 0.05) is 17.4 Å². The molecule has 21 heavy (non-hydrogen) atoms. The molecule has 0 spiro atoms. The molecule has 0 saturated heterocycles. The van der Waals surface area contributed by atoms with Crippen LogP contribution in [0.4, 0.5) is 0 Å². The van der Waals surface area contributed by atoms with Crippen LogP contribution in [0.15, 0.2) is 30.3 Å². The number of carbonyl (C=O) groups excluding carboxylic acids is 1. The maximum absolute atomic E-state index is 12.2. The minimum Gasteiger partial charge on any atom is -0.495 e. The van der Waals surface area contributed by atoms with E-state index in [0.717, 1.165) is 29.2 Å². The van der Waals surface area contributed by atoms with Crippen LogP contribution in [0.3, 0.4) is 0 Å². The third kappa shape index (κ3) is 3.76. The first-order valence-electron chi connectivity index (χ1n) is 7.46. The zero-order chi connectivity index (χ0) is 15.2. The summed E-state index contributed by atoms with van der Waals surface area (Å²) in [6.07, 6.45) is 5.09. The number of benzene rings is 2. The van der Waals surface area contributed by atoms with E-state index < -0.39 is 0 Å². The summed E-state index contributed by atoms with van der Waals surface area (Å²) in [5, 5.41) is 2.48. The number of ketones is 1. The Morgan fingerprint density at radius 3 is 2.67 bits per heavy atom. The average Bonchev–Trinajstić information content (AvgIpc) is 2.51. The van der Waals surface area contributed by atoms with Gasteiger partial charge in [-0.1, -0.05) is 56.0 Å². The molecule has 0 saturated carbocycles. The van der Waals surface area contributed by atoms with E-state index in [1.54, 1.807) is 7.11 Å². The number of fused-ring (bicyclic) bond motifs is 1. The highest BCUT2D eigenvalue weighted by Crippen LogP contribution is 2.33. The van der Waals surface area contributed by atoms with Crippen LogP contribution in [-0.2, 0) is 0 Å². The second-order valence-corrected chi connectivity index (χ2v) is 5.63. The molecule has 0 fully saturated rings. The maximum Gasteiger partial charge on any atom is 0.162 e. The Labute approximate surface area is 131 Å². The number of Topliss-reactive ketones (excluding diaryl/α,β-unsaturated/α-hetero) is 1. The molecule has 0 N–H and O–H groups in total. The first kappa shape index (κ1) is 15.8. The van der Waals surface area contributed by atoms with Crippen LogP contribution in [0.25, 0.3) is 10.8 Å². The zero-order valence-corrected chi connectivity index (χ0v) is 13.4. The molecule has 0 amide bonds. The number of unbranched alkanes of at least 4 members (excludes halogenated alkanes) is 3. The summed E-state index contributed by atoms with van der Waals surface area (Å²) >= 11 is 6.28. The van der Waals surface area contributed by atoms with Crippen molar-refractivity contribution in [2.45, 2.75) is 39.0 Å². The molecule has 0 aliphatic heterocycles. The van der Waals surface area contributed by atoms with E-state index in [2.05, 4.69) is 6.92 Å². The van der Waals surface area contributed by atoms with E-state index in [0.29, 0.717) is 17.2 Å². The van der Waals surface area contributed by atoms with Crippen molar-refractivity contribution in [3.05, 3.63) is 40.9 Å². The quantitative estimate of drug-likeness (QED) is 0.487. The highest BCUT2D eigenvalue weighted by Gasteiger charge is 2.10. The predicted molar refractivity (Wildman–Crippen MR) is 88.6 cm³/mol. The van der Waals surface area contributed by atoms with Gasteiger partial charge in [-0.15, -0.1) is 0 Å². The summed E-state index contributed by atoms with van der Waals surface area (Å²) in [6, 6.07) is 9.45. The lowest BCUT2D eigenvalue weighted by Crippen LogP contribution is -1.99. The Balaban J connectivity index is 2.17. The fraction of sp³-hybridized carbons (Fsp3) is 0.389. The van der Waals surface area contributed by atoms with Crippen LogP contribution in [0, 0.1) is 0 Å². The van der Waals surface area contributed by atoms with Crippen LogP contribution in [-0.4, -0.2) is 12.9 Å². The fourth-order valence-corrected chi connectivity index (χ4v) is 2.77. The normalized spacial score (nSPS) is 10.8. The summed E-state index contributed by atoms with van der Waals surface area (Å²) in [5.41, 5.74) is 0.764. The number of methoxy groups -OCH3 is 1. The third-order valence-electron chi connectivity index (χ3n) is 3.72. The molecule has 0 unspecified atom stereocenters. The Morgan fingerprint density at radius 2 is 1.95 bits per heavy atom. The van der Waals surface area contributed by atoms with Crippen molar-refractivity contribution in [3.8, 4) is 5.75 Å².